The van der Waals surface area contributed by atoms with E-state index in [2.05, 4.69) is 5.73 Å². The monoisotopic (exact) mass is 216 g/mol. The highest BCUT2D eigenvalue weighted by Crippen LogP contribution is 2.28. The fourth-order valence-electron chi connectivity index (χ4n) is 0.935. The van der Waals surface area contributed by atoms with Gasteiger partial charge in [-0.25, -0.2) is 0 Å². The third-order valence-corrected chi connectivity index (χ3v) is 1.75. The molecule has 0 atom stereocenters. The molecule has 7 heteroatoms. The van der Waals surface area contributed by atoms with E-state index < -0.39 is 22.3 Å². The summed E-state index contributed by atoms with van der Waals surface area (Å²) in [5, 5.41) is 10.2. The number of alkyl halides is 2. The lowest BCUT2D eigenvalue weighted by Gasteiger charge is -2.11. The summed E-state index contributed by atoms with van der Waals surface area (Å²) in [5.41, 5.74) is 3.48. The molecule has 5 nitrogen and oxygen atoms in total. The van der Waals surface area contributed by atoms with Gasteiger partial charge in [0.2, 0.25) is 0 Å². The zero-order valence-corrected chi connectivity index (χ0v) is 7.31. The summed E-state index contributed by atoms with van der Waals surface area (Å²) in [6.07, 6.45) is 0. The molecule has 0 spiro atoms. The first-order valence-corrected chi connectivity index (χ1v) is 3.78. The van der Waals surface area contributed by atoms with Crippen LogP contribution in [0.4, 0.5) is 14.5 Å². The quantitative estimate of drug-likeness (QED) is 0.607. The molecule has 0 aliphatic heterocycles. The average molecular weight is 216 g/mol. The second kappa shape index (κ2) is 3.60. The molecule has 0 saturated heterocycles. The van der Waals surface area contributed by atoms with Crippen LogP contribution in [0.15, 0.2) is 24.3 Å². The van der Waals surface area contributed by atoms with Gasteiger partial charge in [-0.3, -0.25) is 14.9 Å². The van der Waals surface area contributed by atoms with Crippen LogP contribution in [0.25, 0.3) is 0 Å². The van der Waals surface area contributed by atoms with Crippen molar-refractivity contribution in [3.8, 4) is 0 Å². The van der Waals surface area contributed by atoms with E-state index in [9.17, 15) is 23.7 Å². The maximum absolute atomic E-state index is 13.0. The van der Waals surface area contributed by atoms with Crippen LogP contribution in [-0.4, -0.2) is 10.8 Å². The predicted molar refractivity (Wildman–Crippen MR) is 46.2 cm³/mol. The van der Waals surface area contributed by atoms with Crippen molar-refractivity contribution in [2.24, 2.45) is 5.73 Å². The van der Waals surface area contributed by atoms with E-state index >= 15 is 0 Å². The van der Waals surface area contributed by atoms with E-state index in [1.807, 2.05) is 0 Å². The second-order valence-corrected chi connectivity index (χ2v) is 2.74. The van der Waals surface area contributed by atoms with Gasteiger partial charge in [0.1, 0.15) is 0 Å². The minimum absolute atomic E-state index is 0.334. The van der Waals surface area contributed by atoms with Crippen LogP contribution in [0.5, 0.6) is 0 Å². The molecule has 2 N–H and O–H groups in total. The molecule has 0 saturated carbocycles. The Hall–Kier alpha value is -2.05. The minimum Gasteiger partial charge on any atom is -0.364 e. The summed E-state index contributed by atoms with van der Waals surface area (Å²) in [6.45, 7) is 0. The number of hydrogen-bond acceptors (Lipinski definition) is 3. The molecule has 0 aromatic heterocycles. The zero-order valence-electron chi connectivity index (χ0n) is 7.31. The Bertz CT molecular complexity index is 403. The normalized spacial score (nSPS) is 11.1. The Labute approximate surface area is 82.6 Å². The lowest BCUT2D eigenvalue weighted by molar-refractivity contribution is -0.384. The topological polar surface area (TPSA) is 86.2 Å². The van der Waals surface area contributed by atoms with E-state index in [0.717, 1.165) is 24.3 Å². The second-order valence-electron chi connectivity index (χ2n) is 2.74. The molecule has 0 fully saturated rings. The number of halogens is 2. The Morgan fingerprint density at radius 1 is 1.33 bits per heavy atom. The third kappa shape index (κ3) is 2.06. The number of carbonyl (C=O) groups is 1. The number of hydrogen-bond donors (Lipinski definition) is 1. The van der Waals surface area contributed by atoms with Crippen molar-refractivity contribution in [3.05, 3.63) is 39.9 Å². The number of benzene rings is 1. The third-order valence-electron chi connectivity index (χ3n) is 1.75. The summed E-state index contributed by atoms with van der Waals surface area (Å²) in [4.78, 5) is 19.9. The van der Waals surface area contributed by atoms with E-state index in [0.29, 0.717) is 0 Å². The van der Waals surface area contributed by atoms with Gasteiger partial charge in [-0.2, -0.15) is 8.78 Å². The van der Waals surface area contributed by atoms with Gasteiger partial charge >= 0.3 is 5.92 Å². The number of nitro benzene ring substituents is 1. The van der Waals surface area contributed by atoms with Gasteiger partial charge in [0.15, 0.2) is 0 Å². The molecule has 0 unspecified atom stereocenters. The Balaban J connectivity index is 3.09. The van der Waals surface area contributed by atoms with Crippen LogP contribution in [0.3, 0.4) is 0 Å². The molecule has 1 aromatic carbocycles. The van der Waals surface area contributed by atoms with Crippen LogP contribution in [-0.2, 0) is 10.7 Å². The van der Waals surface area contributed by atoms with Gasteiger partial charge in [0.05, 0.1) is 4.92 Å². The molecule has 1 amide bonds. The Kier molecular flexibility index (Phi) is 2.65. The zero-order chi connectivity index (χ0) is 11.6. The molecule has 1 aromatic rings. The van der Waals surface area contributed by atoms with Crippen LogP contribution in [0, 0.1) is 10.1 Å². The van der Waals surface area contributed by atoms with Crippen molar-refractivity contribution >= 4 is 11.6 Å². The molecule has 0 bridgehead atoms. The smallest absolute Gasteiger partial charge is 0.349 e. The van der Waals surface area contributed by atoms with Gasteiger partial charge in [-0.05, 0) is 12.1 Å². The number of amides is 1. The van der Waals surface area contributed by atoms with Gasteiger partial charge in [-0.1, -0.05) is 0 Å². The van der Waals surface area contributed by atoms with E-state index in [-0.39, 0.29) is 5.69 Å². The number of rotatable bonds is 3. The molecule has 0 aliphatic rings. The number of nitro groups is 1. The standard InChI is InChI=1S/C8H6F2N2O3/c9-8(10,7(11)13)5-1-3-6(4-2-5)12(14)15/h1-4H,(H2,11,13). The number of non-ortho nitro benzene ring substituents is 1. The summed E-state index contributed by atoms with van der Waals surface area (Å²) in [6, 6.07) is 3.35. The molecule has 0 aliphatic carbocycles. The number of nitrogens with two attached hydrogens (primary N) is 1. The molecule has 80 valence electrons. The summed E-state index contributed by atoms with van der Waals surface area (Å²) < 4.78 is 25.9. The van der Waals surface area contributed by atoms with E-state index in [1.54, 1.807) is 0 Å². The highest BCUT2D eigenvalue weighted by molar-refractivity contribution is 5.83. The van der Waals surface area contributed by atoms with Gasteiger partial charge < -0.3 is 5.73 Å². The van der Waals surface area contributed by atoms with E-state index in [1.165, 1.54) is 0 Å². The summed E-state index contributed by atoms with van der Waals surface area (Å²) in [7, 11) is 0. The fraction of sp³-hybridized carbons (Fsp3) is 0.125. The maximum atomic E-state index is 13.0. The van der Waals surface area contributed by atoms with Crippen LogP contribution in [0.1, 0.15) is 5.56 Å². The predicted octanol–water partition coefficient (Wildman–Crippen LogP) is 1.17. The van der Waals surface area contributed by atoms with Crippen molar-refractivity contribution < 1.29 is 18.5 Å². The number of carbonyl (C=O) groups excluding carboxylic acids is 1. The molecule has 15 heavy (non-hydrogen) atoms. The molecule has 0 radical (unpaired) electrons. The highest BCUT2D eigenvalue weighted by Gasteiger charge is 2.38. The first-order chi connectivity index (χ1) is 6.85. The molecular weight excluding hydrogens is 210 g/mol. The average Bonchev–Trinajstić information content (AvgIpc) is 2.17. The van der Waals surface area contributed by atoms with Crippen molar-refractivity contribution in [1.29, 1.82) is 0 Å². The lowest BCUT2D eigenvalue weighted by Crippen LogP contribution is -2.32. The Morgan fingerprint density at radius 3 is 2.13 bits per heavy atom. The van der Waals surface area contributed by atoms with E-state index in [4.69, 9.17) is 0 Å². The van der Waals surface area contributed by atoms with Crippen molar-refractivity contribution in [1.82, 2.24) is 0 Å². The number of nitrogens with zero attached hydrogens (tertiary/aromatic N) is 1. The molecule has 0 heterocycles. The fourth-order valence-corrected chi connectivity index (χ4v) is 0.935. The van der Waals surface area contributed by atoms with Crippen molar-refractivity contribution in [3.63, 3.8) is 0 Å². The summed E-state index contributed by atoms with van der Waals surface area (Å²) in [5.74, 6) is -5.61. The first kappa shape index (κ1) is 11.0. The highest BCUT2D eigenvalue weighted by atomic mass is 19.3. The van der Waals surface area contributed by atoms with Crippen molar-refractivity contribution in [2.75, 3.05) is 0 Å². The van der Waals surface area contributed by atoms with Gasteiger partial charge in [0, 0.05) is 17.7 Å². The largest absolute Gasteiger partial charge is 0.364 e. The van der Waals surface area contributed by atoms with Crippen molar-refractivity contribution in [2.45, 2.75) is 5.92 Å². The first-order valence-electron chi connectivity index (χ1n) is 3.78. The summed E-state index contributed by atoms with van der Waals surface area (Å²) >= 11 is 0. The lowest BCUT2D eigenvalue weighted by atomic mass is 10.1. The number of primary amides is 1. The maximum Gasteiger partial charge on any atom is 0.349 e. The molecule has 1 rings (SSSR count). The van der Waals surface area contributed by atoms with Crippen LogP contribution in [0.2, 0.25) is 0 Å². The van der Waals surface area contributed by atoms with Crippen LogP contribution < -0.4 is 5.73 Å². The van der Waals surface area contributed by atoms with Crippen LogP contribution >= 0.6 is 0 Å². The van der Waals surface area contributed by atoms with Gasteiger partial charge in [0.25, 0.3) is 11.6 Å². The van der Waals surface area contributed by atoms with Gasteiger partial charge in [-0.15, -0.1) is 0 Å². The minimum atomic E-state index is -3.81. The Morgan fingerprint density at radius 2 is 1.80 bits per heavy atom. The SMILES string of the molecule is NC(=O)C(F)(F)c1ccc([N+](=O)[O-])cc1. The molecular formula is C8H6F2N2O3.